The highest BCUT2D eigenvalue weighted by molar-refractivity contribution is 5.61. The first kappa shape index (κ1) is 10.2. The van der Waals surface area contributed by atoms with Crippen LogP contribution < -0.4 is 10.5 Å². The molecule has 0 saturated carbocycles. The van der Waals surface area contributed by atoms with Gasteiger partial charge in [-0.15, -0.1) is 0 Å². The first-order chi connectivity index (χ1) is 7.33. The molecule has 1 aliphatic rings. The van der Waals surface area contributed by atoms with E-state index in [1.165, 1.54) is 6.07 Å². The normalized spacial score (nSPS) is 15.1. The summed E-state index contributed by atoms with van der Waals surface area (Å²) in [5.41, 5.74) is 6.96. The average Bonchev–Trinajstić information content (AvgIpc) is 2.28. The van der Waals surface area contributed by atoms with Gasteiger partial charge in [0.05, 0.1) is 12.2 Å². The van der Waals surface area contributed by atoms with Crippen LogP contribution in [0.1, 0.15) is 17.5 Å². The molecular weight excluding hydrogens is 193 g/mol. The third kappa shape index (κ3) is 2.02. The van der Waals surface area contributed by atoms with Crippen LogP contribution in [0.25, 0.3) is 6.08 Å². The van der Waals surface area contributed by atoms with Crippen molar-refractivity contribution in [2.45, 2.75) is 12.8 Å². The molecule has 15 heavy (non-hydrogen) atoms. The largest absolute Gasteiger partial charge is 0.493 e. The van der Waals surface area contributed by atoms with E-state index in [2.05, 4.69) is 0 Å². The predicted octanol–water partition coefficient (Wildman–Crippen LogP) is 2.12. The molecule has 0 radical (unpaired) electrons. The number of nitrogens with two attached hydrogens (primary N) is 1. The number of aryl methyl sites for hydroxylation is 1. The van der Waals surface area contributed by atoms with E-state index in [0.29, 0.717) is 24.5 Å². The van der Waals surface area contributed by atoms with Gasteiger partial charge in [-0.2, -0.15) is 0 Å². The fourth-order valence-electron chi connectivity index (χ4n) is 1.77. The number of benzene rings is 1. The van der Waals surface area contributed by atoms with Crippen LogP contribution in [0.5, 0.6) is 5.75 Å². The molecule has 0 unspecified atom stereocenters. The van der Waals surface area contributed by atoms with Gasteiger partial charge in [-0.3, -0.25) is 0 Å². The summed E-state index contributed by atoms with van der Waals surface area (Å²) in [6.45, 7) is 1.07. The van der Waals surface area contributed by atoms with E-state index in [0.717, 1.165) is 18.4 Å². The molecule has 0 aliphatic carbocycles. The Balaban J connectivity index is 2.45. The summed E-state index contributed by atoms with van der Waals surface area (Å²) in [6.07, 6.45) is 5.38. The minimum atomic E-state index is -0.250. The van der Waals surface area contributed by atoms with Crippen molar-refractivity contribution < 1.29 is 9.13 Å². The third-order valence-corrected chi connectivity index (χ3v) is 2.48. The Morgan fingerprint density at radius 1 is 1.47 bits per heavy atom. The number of fused-ring (bicyclic) bond motifs is 1. The molecule has 0 fully saturated rings. The van der Waals surface area contributed by atoms with Gasteiger partial charge < -0.3 is 10.5 Å². The lowest BCUT2D eigenvalue weighted by atomic mass is 10.0. The molecule has 2 N–H and O–H groups in total. The van der Waals surface area contributed by atoms with Crippen LogP contribution in [-0.2, 0) is 6.42 Å². The zero-order valence-corrected chi connectivity index (χ0v) is 8.50. The maximum atomic E-state index is 13.5. The standard InChI is InChI=1S/C12H14FNO/c13-11-6-5-9-3-2-8-15-12(9)10(11)4-1-7-14/h1,4-6H,2-3,7-8,14H2/b4-1+. The number of rotatable bonds is 2. The van der Waals surface area contributed by atoms with Crippen LogP contribution in [0.2, 0.25) is 0 Å². The highest BCUT2D eigenvalue weighted by atomic mass is 19.1. The Bertz CT molecular complexity index is 387. The summed E-state index contributed by atoms with van der Waals surface area (Å²) in [5.74, 6) is 0.436. The number of ether oxygens (including phenoxy) is 1. The Morgan fingerprint density at radius 3 is 3.13 bits per heavy atom. The fraction of sp³-hybridized carbons (Fsp3) is 0.333. The lowest BCUT2D eigenvalue weighted by Gasteiger charge is -2.19. The molecule has 2 rings (SSSR count). The van der Waals surface area contributed by atoms with Crippen LogP contribution in [0, 0.1) is 5.82 Å². The summed E-state index contributed by atoms with van der Waals surface area (Å²) in [5, 5.41) is 0. The lowest BCUT2D eigenvalue weighted by molar-refractivity contribution is 0.286. The monoisotopic (exact) mass is 207 g/mol. The average molecular weight is 207 g/mol. The van der Waals surface area contributed by atoms with E-state index in [1.807, 2.05) is 0 Å². The second-order valence-corrected chi connectivity index (χ2v) is 3.54. The van der Waals surface area contributed by atoms with Crippen molar-refractivity contribution >= 4 is 6.08 Å². The van der Waals surface area contributed by atoms with E-state index in [1.54, 1.807) is 18.2 Å². The highest BCUT2D eigenvalue weighted by Crippen LogP contribution is 2.31. The fourth-order valence-corrected chi connectivity index (χ4v) is 1.77. The highest BCUT2D eigenvalue weighted by Gasteiger charge is 2.16. The van der Waals surface area contributed by atoms with Gasteiger partial charge in [0.1, 0.15) is 11.6 Å². The number of hydrogen-bond acceptors (Lipinski definition) is 2. The molecule has 1 aromatic rings. The molecule has 0 atom stereocenters. The Morgan fingerprint density at radius 2 is 2.33 bits per heavy atom. The quantitative estimate of drug-likeness (QED) is 0.806. The van der Waals surface area contributed by atoms with Crippen molar-refractivity contribution in [2.75, 3.05) is 13.2 Å². The molecule has 3 heteroatoms. The van der Waals surface area contributed by atoms with Crippen molar-refractivity contribution in [3.63, 3.8) is 0 Å². The van der Waals surface area contributed by atoms with Crippen molar-refractivity contribution in [1.82, 2.24) is 0 Å². The van der Waals surface area contributed by atoms with E-state index in [4.69, 9.17) is 10.5 Å². The van der Waals surface area contributed by atoms with Crippen LogP contribution in [-0.4, -0.2) is 13.2 Å². The second-order valence-electron chi connectivity index (χ2n) is 3.54. The summed E-state index contributed by atoms with van der Waals surface area (Å²) in [6, 6.07) is 3.29. The Labute approximate surface area is 88.5 Å². The van der Waals surface area contributed by atoms with Gasteiger partial charge in [-0.25, -0.2) is 4.39 Å². The van der Waals surface area contributed by atoms with E-state index in [-0.39, 0.29) is 5.82 Å². The molecule has 1 aromatic carbocycles. The zero-order valence-electron chi connectivity index (χ0n) is 8.50. The van der Waals surface area contributed by atoms with E-state index in [9.17, 15) is 4.39 Å². The van der Waals surface area contributed by atoms with Gasteiger partial charge in [-0.1, -0.05) is 18.2 Å². The van der Waals surface area contributed by atoms with Crippen LogP contribution in [0.4, 0.5) is 4.39 Å². The minimum absolute atomic E-state index is 0.250. The van der Waals surface area contributed by atoms with Crippen molar-refractivity contribution in [1.29, 1.82) is 0 Å². The number of hydrogen-bond donors (Lipinski definition) is 1. The topological polar surface area (TPSA) is 35.2 Å². The van der Waals surface area contributed by atoms with Gasteiger partial charge in [-0.05, 0) is 24.5 Å². The summed E-state index contributed by atoms with van der Waals surface area (Å²) in [4.78, 5) is 0. The van der Waals surface area contributed by atoms with Crippen molar-refractivity contribution in [2.24, 2.45) is 5.73 Å². The summed E-state index contributed by atoms with van der Waals surface area (Å²) in [7, 11) is 0. The third-order valence-electron chi connectivity index (χ3n) is 2.48. The Hall–Kier alpha value is -1.35. The van der Waals surface area contributed by atoms with Gasteiger partial charge in [0.25, 0.3) is 0 Å². The molecule has 0 aromatic heterocycles. The molecule has 1 heterocycles. The van der Waals surface area contributed by atoms with Gasteiger partial charge in [0, 0.05) is 6.54 Å². The van der Waals surface area contributed by atoms with Crippen LogP contribution in [0.3, 0.4) is 0 Å². The van der Waals surface area contributed by atoms with Crippen molar-refractivity contribution in [3.8, 4) is 5.75 Å². The predicted molar refractivity (Wildman–Crippen MR) is 58.3 cm³/mol. The molecule has 0 amide bonds. The molecule has 1 aliphatic heterocycles. The molecular formula is C12H14FNO. The van der Waals surface area contributed by atoms with Gasteiger partial charge in [0.15, 0.2) is 0 Å². The molecule has 0 spiro atoms. The summed E-state index contributed by atoms with van der Waals surface area (Å²) < 4.78 is 19.0. The molecule has 0 saturated heterocycles. The molecule has 0 bridgehead atoms. The van der Waals surface area contributed by atoms with Crippen LogP contribution in [0.15, 0.2) is 18.2 Å². The van der Waals surface area contributed by atoms with E-state index >= 15 is 0 Å². The summed E-state index contributed by atoms with van der Waals surface area (Å²) >= 11 is 0. The molecule has 2 nitrogen and oxygen atoms in total. The second kappa shape index (κ2) is 4.45. The zero-order chi connectivity index (χ0) is 10.7. The lowest BCUT2D eigenvalue weighted by Crippen LogP contribution is -2.10. The molecule has 80 valence electrons. The first-order valence-electron chi connectivity index (χ1n) is 5.13. The van der Waals surface area contributed by atoms with Gasteiger partial charge >= 0.3 is 0 Å². The maximum Gasteiger partial charge on any atom is 0.134 e. The minimum Gasteiger partial charge on any atom is -0.493 e. The first-order valence-corrected chi connectivity index (χ1v) is 5.13. The Kier molecular flexibility index (Phi) is 3.02. The van der Waals surface area contributed by atoms with Crippen molar-refractivity contribution in [3.05, 3.63) is 35.2 Å². The van der Waals surface area contributed by atoms with Crippen LogP contribution >= 0.6 is 0 Å². The number of halogens is 1. The SMILES string of the molecule is NC/C=C/c1c(F)ccc2c1OCCC2. The van der Waals surface area contributed by atoms with Gasteiger partial charge in [0.2, 0.25) is 0 Å². The maximum absolute atomic E-state index is 13.5. The smallest absolute Gasteiger partial charge is 0.134 e. The van der Waals surface area contributed by atoms with E-state index < -0.39 is 0 Å².